The van der Waals surface area contributed by atoms with Crippen LogP contribution in [0.1, 0.15) is 30.4 Å². The molecular formula is C20H21N3O4S. The van der Waals surface area contributed by atoms with Gasteiger partial charge in [0.05, 0.1) is 11.3 Å². The van der Waals surface area contributed by atoms with Crippen LogP contribution >= 0.6 is 11.3 Å². The van der Waals surface area contributed by atoms with E-state index in [1.807, 2.05) is 49.6 Å². The lowest BCUT2D eigenvalue weighted by Gasteiger charge is -2.15. The molecule has 1 atom stereocenters. The Morgan fingerprint density at radius 3 is 2.86 bits per heavy atom. The number of carbonyl (C=O) groups excluding carboxylic acids is 2. The number of anilines is 1. The molecule has 1 aromatic carbocycles. The van der Waals surface area contributed by atoms with Gasteiger partial charge in [-0.05, 0) is 49.4 Å². The molecule has 0 aliphatic carbocycles. The maximum absolute atomic E-state index is 12.3. The van der Waals surface area contributed by atoms with Crippen LogP contribution in [-0.2, 0) is 20.7 Å². The van der Waals surface area contributed by atoms with Gasteiger partial charge in [-0.25, -0.2) is 0 Å². The van der Waals surface area contributed by atoms with Crippen molar-refractivity contribution in [3.8, 4) is 10.7 Å². The van der Waals surface area contributed by atoms with E-state index in [1.165, 1.54) is 11.3 Å². The summed E-state index contributed by atoms with van der Waals surface area (Å²) < 4.78 is 10.4. The molecular weight excluding hydrogens is 378 g/mol. The van der Waals surface area contributed by atoms with Crippen molar-refractivity contribution in [2.75, 3.05) is 5.32 Å². The molecule has 0 aliphatic heterocycles. The number of nitrogens with zero attached hydrogens (tertiary/aromatic N) is 2. The minimum atomic E-state index is -0.906. The van der Waals surface area contributed by atoms with E-state index in [9.17, 15) is 9.59 Å². The molecule has 1 N–H and O–H groups in total. The summed E-state index contributed by atoms with van der Waals surface area (Å²) in [4.78, 5) is 29.5. The Labute approximate surface area is 166 Å². The van der Waals surface area contributed by atoms with Gasteiger partial charge in [-0.3, -0.25) is 9.59 Å². The fourth-order valence-electron chi connectivity index (χ4n) is 2.49. The van der Waals surface area contributed by atoms with Gasteiger partial charge in [0.15, 0.2) is 6.10 Å². The summed E-state index contributed by atoms with van der Waals surface area (Å²) in [5.41, 5.74) is 2.68. The summed E-state index contributed by atoms with van der Waals surface area (Å²) >= 11 is 1.51. The van der Waals surface area contributed by atoms with Crippen molar-refractivity contribution in [1.82, 2.24) is 10.1 Å². The molecule has 0 aliphatic rings. The number of carbonyl (C=O) groups is 2. The number of aromatic nitrogens is 2. The number of aryl methyl sites for hydroxylation is 3. The third-order valence-electron chi connectivity index (χ3n) is 4.08. The minimum absolute atomic E-state index is 0.0488. The monoisotopic (exact) mass is 399 g/mol. The minimum Gasteiger partial charge on any atom is -0.453 e. The van der Waals surface area contributed by atoms with Gasteiger partial charge in [0.2, 0.25) is 11.7 Å². The molecule has 1 amide bonds. The summed E-state index contributed by atoms with van der Waals surface area (Å²) in [7, 11) is 0. The molecule has 2 heterocycles. The van der Waals surface area contributed by atoms with E-state index in [1.54, 1.807) is 6.92 Å². The number of hydrogen-bond donors (Lipinski definition) is 1. The van der Waals surface area contributed by atoms with Gasteiger partial charge in [-0.2, -0.15) is 4.98 Å². The molecule has 0 unspecified atom stereocenters. The Bertz CT molecular complexity index is 966. The summed E-state index contributed by atoms with van der Waals surface area (Å²) in [6.45, 7) is 5.39. The number of hydrogen-bond acceptors (Lipinski definition) is 7. The number of esters is 1. The van der Waals surface area contributed by atoms with Crippen LogP contribution < -0.4 is 5.32 Å². The van der Waals surface area contributed by atoms with Crippen LogP contribution in [0, 0.1) is 13.8 Å². The molecule has 146 valence electrons. The maximum atomic E-state index is 12.3. The van der Waals surface area contributed by atoms with Gasteiger partial charge in [0.1, 0.15) is 0 Å². The Kier molecular flexibility index (Phi) is 6.20. The zero-order valence-electron chi connectivity index (χ0n) is 15.9. The van der Waals surface area contributed by atoms with Gasteiger partial charge < -0.3 is 14.6 Å². The predicted molar refractivity (Wildman–Crippen MR) is 106 cm³/mol. The van der Waals surface area contributed by atoms with E-state index >= 15 is 0 Å². The number of amides is 1. The average Bonchev–Trinajstić information content (AvgIpc) is 3.34. The second kappa shape index (κ2) is 8.79. The van der Waals surface area contributed by atoms with Gasteiger partial charge in [-0.1, -0.05) is 23.4 Å². The van der Waals surface area contributed by atoms with Crippen LogP contribution in [0.15, 0.2) is 40.2 Å². The molecule has 28 heavy (non-hydrogen) atoms. The topological polar surface area (TPSA) is 94.3 Å². The Hall–Kier alpha value is -3.00. The number of benzene rings is 1. The van der Waals surface area contributed by atoms with E-state index in [4.69, 9.17) is 9.26 Å². The first-order valence-electron chi connectivity index (χ1n) is 8.86. The van der Waals surface area contributed by atoms with Crippen LogP contribution in [0.5, 0.6) is 0 Å². The number of nitrogens with one attached hydrogen (secondary N) is 1. The molecule has 0 spiro atoms. The highest BCUT2D eigenvalue weighted by Crippen LogP contribution is 2.21. The van der Waals surface area contributed by atoms with Crippen LogP contribution in [0.3, 0.4) is 0 Å². The molecule has 0 radical (unpaired) electrons. The van der Waals surface area contributed by atoms with Crippen molar-refractivity contribution < 1.29 is 18.8 Å². The quantitative estimate of drug-likeness (QED) is 0.605. The predicted octanol–water partition coefficient (Wildman–Crippen LogP) is 3.92. The summed E-state index contributed by atoms with van der Waals surface area (Å²) in [5.74, 6) is -0.0215. The van der Waals surface area contributed by atoms with Gasteiger partial charge >= 0.3 is 5.97 Å². The molecule has 0 bridgehead atoms. The fourth-order valence-corrected chi connectivity index (χ4v) is 3.13. The lowest BCUT2D eigenvalue weighted by molar-refractivity contribution is -0.153. The van der Waals surface area contributed by atoms with Gasteiger partial charge in [0, 0.05) is 12.1 Å². The third kappa shape index (κ3) is 5.04. The molecule has 7 nitrogen and oxygen atoms in total. The molecule has 0 saturated heterocycles. The standard InChI is InChI=1S/C20H21N3O4S/c1-12-6-7-13(2)15(11-12)21-20(25)14(3)26-18(24)9-8-17-22-19(23-27-17)16-5-4-10-28-16/h4-7,10-11,14H,8-9H2,1-3H3,(H,21,25)/t14-/m1/s1. The molecule has 2 aromatic heterocycles. The molecule has 0 fully saturated rings. The SMILES string of the molecule is Cc1ccc(C)c(NC(=O)[C@@H](C)OC(=O)CCc2nc(-c3cccs3)no2)c1. The van der Waals surface area contributed by atoms with Crippen molar-refractivity contribution >= 4 is 28.9 Å². The normalized spacial score (nSPS) is 11.8. The van der Waals surface area contributed by atoms with E-state index in [0.717, 1.165) is 16.0 Å². The second-order valence-corrected chi connectivity index (χ2v) is 7.38. The average molecular weight is 399 g/mol. The first kappa shape index (κ1) is 19.8. The fraction of sp³-hybridized carbons (Fsp3) is 0.300. The van der Waals surface area contributed by atoms with Gasteiger partial charge in [-0.15, -0.1) is 11.3 Å². The van der Waals surface area contributed by atoms with Gasteiger partial charge in [0.25, 0.3) is 5.91 Å². The Morgan fingerprint density at radius 2 is 2.11 bits per heavy atom. The maximum Gasteiger partial charge on any atom is 0.307 e. The van der Waals surface area contributed by atoms with E-state index in [2.05, 4.69) is 15.5 Å². The Morgan fingerprint density at radius 1 is 1.29 bits per heavy atom. The van der Waals surface area contributed by atoms with Crippen molar-refractivity contribution in [1.29, 1.82) is 0 Å². The van der Waals surface area contributed by atoms with E-state index < -0.39 is 12.1 Å². The second-order valence-electron chi connectivity index (χ2n) is 6.43. The highest BCUT2D eigenvalue weighted by Gasteiger charge is 2.19. The van der Waals surface area contributed by atoms with Crippen LogP contribution in [0.2, 0.25) is 0 Å². The summed E-state index contributed by atoms with van der Waals surface area (Å²) in [6.07, 6.45) is -0.604. The highest BCUT2D eigenvalue weighted by atomic mass is 32.1. The lowest BCUT2D eigenvalue weighted by Crippen LogP contribution is -2.30. The van der Waals surface area contributed by atoms with Crippen molar-refractivity contribution in [2.24, 2.45) is 0 Å². The Balaban J connectivity index is 1.49. The molecule has 8 heteroatoms. The number of thiophene rings is 1. The third-order valence-corrected chi connectivity index (χ3v) is 4.95. The van der Waals surface area contributed by atoms with E-state index in [-0.39, 0.29) is 18.7 Å². The zero-order valence-corrected chi connectivity index (χ0v) is 16.7. The first-order valence-corrected chi connectivity index (χ1v) is 9.74. The number of ether oxygens (including phenoxy) is 1. The van der Waals surface area contributed by atoms with Crippen LogP contribution in [0.25, 0.3) is 10.7 Å². The highest BCUT2D eigenvalue weighted by molar-refractivity contribution is 7.13. The molecule has 3 rings (SSSR count). The molecule has 3 aromatic rings. The first-order chi connectivity index (χ1) is 13.4. The summed E-state index contributed by atoms with van der Waals surface area (Å²) in [6, 6.07) is 9.57. The van der Waals surface area contributed by atoms with Crippen LogP contribution in [-0.4, -0.2) is 28.1 Å². The van der Waals surface area contributed by atoms with E-state index in [0.29, 0.717) is 17.4 Å². The zero-order chi connectivity index (χ0) is 20.1. The lowest BCUT2D eigenvalue weighted by atomic mass is 10.1. The van der Waals surface area contributed by atoms with Crippen molar-refractivity contribution in [3.63, 3.8) is 0 Å². The van der Waals surface area contributed by atoms with Crippen LogP contribution in [0.4, 0.5) is 5.69 Å². The summed E-state index contributed by atoms with van der Waals surface area (Å²) in [5, 5.41) is 8.61. The smallest absolute Gasteiger partial charge is 0.307 e. The largest absolute Gasteiger partial charge is 0.453 e. The molecule has 0 saturated carbocycles. The number of rotatable bonds is 7. The van der Waals surface area contributed by atoms with Crippen molar-refractivity contribution in [2.45, 2.75) is 39.7 Å². The van der Waals surface area contributed by atoms with Crippen molar-refractivity contribution in [3.05, 3.63) is 52.7 Å².